The van der Waals surface area contributed by atoms with Crippen LogP contribution in [0.2, 0.25) is 0 Å². The first-order chi connectivity index (χ1) is 6.95. The second-order valence-electron chi connectivity index (χ2n) is 5.04. The van der Waals surface area contributed by atoms with Crippen LogP contribution in [0.3, 0.4) is 0 Å². The van der Waals surface area contributed by atoms with Gasteiger partial charge in [0.15, 0.2) is 0 Å². The summed E-state index contributed by atoms with van der Waals surface area (Å²) in [6.45, 7) is 7.47. The zero-order valence-electron chi connectivity index (χ0n) is 10.2. The molecule has 0 aliphatic rings. The van der Waals surface area contributed by atoms with E-state index >= 15 is 0 Å². The molecule has 0 bridgehead atoms. The maximum Gasteiger partial charge on any atom is 0.0421 e. The van der Waals surface area contributed by atoms with Crippen LogP contribution >= 0.6 is 0 Å². The fourth-order valence-corrected chi connectivity index (χ4v) is 1.57. The van der Waals surface area contributed by atoms with Crippen LogP contribution in [-0.2, 0) is 5.41 Å². The van der Waals surface area contributed by atoms with Crippen molar-refractivity contribution in [2.75, 3.05) is 13.6 Å². The standard InChI is InChI=1S/C13H22N2/c1-13(2,3)11-7-5-10(6-8-11)12(14)9-15-4/h5-8,12,15H,9,14H2,1-4H3. The molecule has 1 unspecified atom stereocenters. The summed E-state index contributed by atoms with van der Waals surface area (Å²) >= 11 is 0. The third-order valence-corrected chi connectivity index (χ3v) is 2.63. The summed E-state index contributed by atoms with van der Waals surface area (Å²) in [5, 5.41) is 3.09. The number of benzene rings is 1. The topological polar surface area (TPSA) is 38.0 Å². The van der Waals surface area contributed by atoms with E-state index in [0.717, 1.165) is 6.54 Å². The predicted molar refractivity (Wildman–Crippen MR) is 66.0 cm³/mol. The van der Waals surface area contributed by atoms with Gasteiger partial charge in [0.2, 0.25) is 0 Å². The number of nitrogens with one attached hydrogen (secondary N) is 1. The van der Waals surface area contributed by atoms with Crippen LogP contribution in [0.4, 0.5) is 0 Å². The molecule has 0 aliphatic carbocycles. The average Bonchev–Trinajstić information content (AvgIpc) is 2.17. The van der Waals surface area contributed by atoms with Crippen molar-refractivity contribution >= 4 is 0 Å². The van der Waals surface area contributed by atoms with Crippen LogP contribution in [0, 0.1) is 0 Å². The molecule has 0 saturated heterocycles. The van der Waals surface area contributed by atoms with Crippen LogP contribution in [-0.4, -0.2) is 13.6 Å². The summed E-state index contributed by atoms with van der Waals surface area (Å²) in [4.78, 5) is 0. The molecule has 1 aromatic rings. The van der Waals surface area contributed by atoms with E-state index in [1.165, 1.54) is 11.1 Å². The molecule has 0 spiro atoms. The largest absolute Gasteiger partial charge is 0.323 e. The fraction of sp³-hybridized carbons (Fsp3) is 0.538. The first kappa shape index (κ1) is 12.2. The van der Waals surface area contributed by atoms with Gasteiger partial charge in [-0.3, -0.25) is 0 Å². The molecule has 0 amide bonds. The van der Waals surface area contributed by atoms with E-state index in [0.29, 0.717) is 0 Å². The molecule has 15 heavy (non-hydrogen) atoms. The van der Waals surface area contributed by atoms with Crippen molar-refractivity contribution in [1.82, 2.24) is 5.32 Å². The number of rotatable bonds is 3. The number of hydrogen-bond acceptors (Lipinski definition) is 2. The Kier molecular flexibility index (Phi) is 3.89. The van der Waals surface area contributed by atoms with E-state index in [1.54, 1.807) is 0 Å². The molecule has 1 atom stereocenters. The summed E-state index contributed by atoms with van der Waals surface area (Å²) in [6.07, 6.45) is 0. The third-order valence-electron chi connectivity index (χ3n) is 2.63. The Balaban J connectivity index is 2.81. The van der Waals surface area contributed by atoms with Crippen LogP contribution in [0.1, 0.15) is 37.9 Å². The lowest BCUT2D eigenvalue weighted by atomic mass is 9.86. The Morgan fingerprint density at radius 1 is 1.20 bits per heavy atom. The van der Waals surface area contributed by atoms with Crippen molar-refractivity contribution in [1.29, 1.82) is 0 Å². The summed E-state index contributed by atoms with van der Waals surface area (Å²) in [5.41, 5.74) is 8.76. The van der Waals surface area contributed by atoms with Gasteiger partial charge >= 0.3 is 0 Å². The van der Waals surface area contributed by atoms with Gasteiger partial charge in [-0.15, -0.1) is 0 Å². The predicted octanol–water partition coefficient (Wildman–Crippen LogP) is 2.20. The third kappa shape index (κ3) is 3.33. The maximum absolute atomic E-state index is 6.00. The monoisotopic (exact) mass is 206 g/mol. The fourth-order valence-electron chi connectivity index (χ4n) is 1.57. The number of hydrogen-bond donors (Lipinski definition) is 2. The van der Waals surface area contributed by atoms with Gasteiger partial charge in [-0.05, 0) is 23.6 Å². The van der Waals surface area contributed by atoms with E-state index in [-0.39, 0.29) is 11.5 Å². The molecular formula is C13H22N2. The molecule has 2 nitrogen and oxygen atoms in total. The van der Waals surface area contributed by atoms with Crippen molar-refractivity contribution < 1.29 is 0 Å². The zero-order chi connectivity index (χ0) is 11.5. The summed E-state index contributed by atoms with van der Waals surface area (Å²) in [6, 6.07) is 8.69. The van der Waals surface area contributed by atoms with E-state index in [9.17, 15) is 0 Å². The second kappa shape index (κ2) is 4.77. The van der Waals surface area contributed by atoms with E-state index in [2.05, 4.69) is 50.4 Å². The minimum absolute atomic E-state index is 0.0871. The van der Waals surface area contributed by atoms with Crippen LogP contribution in [0.15, 0.2) is 24.3 Å². The molecule has 2 heteroatoms. The Bertz CT molecular complexity index is 295. The second-order valence-corrected chi connectivity index (χ2v) is 5.04. The Hall–Kier alpha value is -0.860. The van der Waals surface area contributed by atoms with Crippen molar-refractivity contribution in [3.05, 3.63) is 35.4 Å². The molecule has 0 aromatic heterocycles. The molecule has 3 N–H and O–H groups in total. The van der Waals surface area contributed by atoms with Crippen molar-refractivity contribution in [2.24, 2.45) is 5.73 Å². The normalized spacial score (nSPS) is 13.9. The minimum atomic E-state index is 0.0871. The van der Waals surface area contributed by atoms with Gasteiger partial charge in [0.1, 0.15) is 0 Å². The first-order valence-corrected chi connectivity index (χ1v) is 5.46. The summed E-state index contributed by atoms with van der Waals surface area (Å²) in [7, 11) is 1.92. The Morgan fingerprint density at radius 3 is 2.13 bits per heavy atom. The van der Waals surface area contributed by atoms with Crippen LogP contribution < -0.4 is 11.1 Å². The van der Waals surface area contributed by atoms with Crippen molar-refractivity contribution in [3.63, 3.8) is 0 Å². The van der Waals surface area contributed by atoms with E-state index in [4.69, 9.17) is 5.73 Å². The highest BCUT2D eigenvalue weighted by atomic mass is 14.9. The molecule has 1 aromatic carbocycles. The zero-order valence-corrected chi connectivity index (χ0v) is 10.2. The average molecular weight is 206 g/mol. The molecule has 1 rings (SSSR count). The molecule has 0 fully saturated rings. The van der Waals surface area contributed by atoms with Gasteiger partial charge in [0.25, 0.3) is 0 Å². The quantitative estimate of drug-likeness (QED) is 0.795. The highest BCUT2D eigenvalue weighted by molar-refractivity contribution is 5.29. The van der Waals surface area contributed by atoms with Gasteiger partial charge < -0.3 is 11.1 Å². The van der Waals surface area contributed by atoms with Crippen molar-refractivity contribution in [3.8, 4) is 0 Å². The highest BCUT2D eigenvalue weighted by Gasteiger charge is 2.13. The SMILES string of the molecule is CNCC(N)c1ccc(C(C)(C)C)cc1. The first-order valence-electron chi connectivity index (χ1n) is 5.46. The van der Waals surface area contributed by atoms with E-state index in [1.807, 2.05) is 7.05 Å². The highest BCUT2D eigenvalue weighted by Crippen LogP contribution is 2.23. The molecule has 0 heterocycles. The van der Waals surface area contributed by atoms with Crippen LogP contribution in [0.25, 0.3) is 0 Å². The lowest BCUT2D eigenvalue weighted by Gasteiger charge is -2.20. The summed E-state index contributed by atoms with van der Waals surface area (Å²) in [5.74, 6) is 0. The Labute approximate surface area is 92.9 Å². The van der Waals surface area contributed by atoms with Crippen LogP contribution in [0.5, 0.6) is 0 Å². The minimum Gasteiger partial charge on any atom is -0.323 e. The van der Waals surface area contributed by atoms with E-state index < -0.39 is 0 Å². The molecule has 0 aliphatic heterocycles. The lowest BCUT2D eigenvalue weighted by Crippen LogP contribution is -2.24. The number of nitrogens with two attached hydrogens (primary N) is 1. The summed E-state index contributed by atoms with van der Waals surface area (Å²) < 4.78 is 0. The van der Waals surface area contributed by atoms with Gasteiger partial charge in [0.05, 0.1) is 0 Å². The number of likely N-dealkylation sites (N-methyl/N-ethyl adjacent to an activating group) is 1. The van der Waals surface area contributed by atoms with Gasteiger partial charge in [-0.1, -0.05) is 45.0 Å². The Morgan fingerprint density at radius 2 is 1.73 bits per heavy atom. The maximum atomic E-state index is 6.00. The van der Waals surface area contributed by atoms with Gasteiger partial charge in [-0.25, -0.2) is 0 Å². The smallest absolute Gasteiger partial charge is 0.0421 e. The van der Waals surface area contributed by atoms with Gasteiger partial charge in [-0.2, -0.15) is 0 Å². The van der Waals surface area contributed by atoms with Gasteiger partial charge in [0, 0.05) is 12.6 Å². The molecule has 0 saturated carbocycles. The molecular weight excluding hydrogens is 184 g/mol. The molecule has 0 radical (unpaired) electrons. The molecule has 84 valence electrons. The lowest BCUT2D eigenvalue weighted by molar-refractivity contribution is 0.588. The van der Waals surface area contributed by atoms with Crippen molar-refractivity contribution in [2.45, 2.75) is 32.2 Å².